The molecule has 1 atom stereocenters. The lowest BCUT2D eigenvalue weighted by molar-refractivity contribution is -0.144. The molecule has 0 aliphatic heterocycles. The SMILES string of the molecule is CC(C)(C)[C@@H](NC(=O)Cc1ccccc1)C(=O)O. The van der Waals surface area contributed by atoms with E-state index in [4.69, 9.17) is 5.11 Å². The molecule has 98 valence electrons. The molecule has 0 aliphatic rings. The maximum absolute atomic E-state index is 11.8. The number of hydrogen-bond acceptors (Lipinski definition) is 2. The van der Waals surface area contributed by atoms with Crippen LogP contribution in [0.3, 0.4) is 0 Å². The summed E-state index contributed by atoms with van der Waals surface area (Å²) < 4.78 is 0. The summed E-state index contributed by atoms with van der Waals surface area (Å²) in [7, 11) is 0. The Bertz CT molecular complexity index is 420. The number of amides is 1. The standard InChI is InChI=1S/C14H19NO3/c1-14(2,3)12(13(17)18)15-11(16)9-10-7-5-4-6-8-10/h4-8,12H,9H2,1-3H3,(H,15,16)(H,17,18)/t12-/m0/s1. The Hall–Kier alpha value is -1.84. The van der Waals surface area contributed by atoms with Gasteiger partial charge in [0.1, 0.15) is 6.04 Å². The number of carbonyl (C=O) groups excluding carboxylic acids is 1. The fourth-order valence-electron chi connectivity index (χ4n) is 1.64. The summed E-state index contributed by atoms with van der Waals surface area (Å²) in [5, 5.41) is 11.7. The van der Waals surface area contributed by atoms with Crippen molar-refractivity contribution in [3.8, 4) is 0 Å². The number of carboxylic acids is 1. The van der Waals surface area contributed by atoms with Gasteiger partial charge >= 0.3 is 5.97 Å². The molecule has 0 bridgehead atoms. The minimum atomic E-state index is -1.01. The fraction of sp³-hybridized carbons (Fsp3) is 0.429. The van der Waals surface area contributed by atoms with Gasteiger partial charge in [0.15, 0.2) is 0 Å². The van der Waals surface area contributed by atoms with Gasteiger partial charge in [0.25, 0.3) is 0 Å². The Morgan fingerprint density at radius 2 is 1.78 bits per heavy atom. The molecular weight excluding hydrogens is 230 g/mol. The fourth-order valence-corrected chi connectivity index (χ4v) is 1.64. The van der Waals surface area contributed by atoms with Crippen molar-refractivity contribution in [3.05, 3.63) is 35.9 Å². The van der Waals surface area contributed by atoms with Gasteiger partial charge < -0.3 is 10.4 Å². The summed E-state index contributed by atoms with van der Waals surface area (Å²) in [6, 6.07) is 8.37. The molecule has 0 saturated carbocycles. The number of carbonyl (C=O) groups is 2. The van der Waals surface area contributed by atoms with Crippen LogP contribution in [-0.2, 0) is 16.0 Å². The second kappa shape index (κ2) is 5.67. The van der Waals surface area contributed by atoms with Crippen molar-refractivity contribution in [2.45, 2.75) is 33.2 Å². The van der Waals surface area contributed by atoms with E-state index in [1.165, 1.54) is 0 Å². The molecule has 0 aromatic heterocycles. The maximum atomic E-state index is 11.8. The summed E-state index contributed by atoms with van der Waals surface area (Å²) in [5.41, 5.74) is 0.353. The summed E-state index contributed by atoms with van der Waals surface area (Å²) in [6.45, 7) is 5.36. The van der Waals surface area contributed by atoms with Gasteiger partial charge in [0.2, 0.25) is 5.91 Å². The van der Waals surface area contributed by atoms with E-state index < -0.39 is 17.4 Å². The third-order valence-electron chi connectivity index (χ3n) is 2.63. The quantitative estimate of drug-likeness (QED) is 0.855. The molecule has 1 aromatic carbocycles. The third kappa shape index (κ3) is 4.20. The molecular formula is C14H19NO3. The Kier molecular flexibility index (Phi) is 4.48. The van der Waals surface area contributed by atoms with Crippen molar-refractivity contribution in [2.75, 3.05) is 0 Å². The number of carboxylic acid groups (broad SMARTS) is 1. The second-order valence-corrected chi connectivity index (χ2v) is 5.37. The van der Waals surface area contributed by atoms with Crippen molar-refractivity contribution in [1.29, 1.82) is 0 Å². The van der Waals surface area contributed by atoms with Gasteiger partial charge in [0, 0.05) is 0 Å². The molecule has 0 unspecified atom stereocenters. The molecule has 0 saturated heterocycles. The minimum absolute atomic E-state index is 0.195. The zero-order valence-electron chi connectivity index (χ0n) is 10.9. The first-order valence-electron chi connectivity index (χ1n) is 5.87. The highest BCUT2D eigenvalue weighted by Crippen LogP contribution is 2.19. The number of nitrogens with one attached hydrogen (secondary N) is 1. The van der Waals surface area contributed by atoms with Crippen molar-refractivity contribution < 1.29 is 14.7 Å². The number of hydrogen-bond donors (Lipinski definition) is 2. The van der Waals surface area contributed by atoms with Crippen LogP contribution < -0.4 is 5.32 Å². The molecule has 1 amide bonds. The van der Waals surface area contributed by atoms with E-state index in [1.807, 2.05) is 30.3 Å². The molecule has 2 N–H and O–H groups in total. The molecule has 0 heterocycles. The first-order valence-corrected chi connectivity index (χ1v) is 5.87. The lowest BCUT2D eigenvalue weighted by Crippen LogP contribution is -2.49. The Labute approximate surface area is 107 Å². The van der Waals surface area contributed by atoms with Crippen LogP contribution >= 0.6 is 0 Å². The predicted octanol–water partition coefficient (Wildman–Crippen LogP) is 1.84. The molecule has 4 heteroatoms. The van der Waals surface area contributed by atoms with Gasteiger partial charge in [-0.25, -0.2) is 4.79 Å². The van der Waals surface area contributed by atoms with Crippen molar-refractivity contribution in [1.82, 2.24) is 5.32 Å². The molecule has 0 aliphatic carbocycles. The van der Waals surface area contributed by atoms with Crippen LogP contribution in [-0.4, -0.2) is 23.0 Å². The highest BCUT2D eigenvalue weighted by molar-refractivity contribution is 5.85. The summed E-state index contributed by atoms with van der Waals surface area (Å²) >= 11 is 0. The molecule has 18 heavy (non-hydrogen) atoms. The molecule has 1 aromatic rings. The molecule has 0 fully saturated rings. The average molecular weight is 249 g/mol. The van der Waals surface area contributed by atoms with E-state index in [1.54, 1.807) is 20.8 Å². The lowest BCUT2D eigenvalue weighted by Gasteiger charge is -2.27. The third-order valence-corrected chi connectivity index (χ3v) is 2.63. The largest absolute Gasteiger partial charge is 0.480 e. The first kappa shape index (κ1) is 14.2. The highest BCUT2D eigenvalue weighted by atomic mass is 16.4. The van der Waals surface area contributed by atoms with Crippen LogP contribution in [0.15, 0.2) is 30.3 Å². The van der Waals surface area contributed by atoms with Gasteiger partial charge in [-0.3, -0.25) is 4.79 Å². The van der Waals surface area contributed by atoms with Crippen LogP contribution in [0.25, 0.3) is 0 Å². The average Bonchev–Trinajstić information content (AvgIpc) is 2.25. The Balaban J connectivity index is 2.66. The van der Waals surface area contributed by atoms with Crippen LogP contribution in [0.4, 0.5) is 0 Å². The summed E-state index contributed by atoms with van der Waals surface area (Å²) in [5.74, 6) is -1.28. The smallest absolute Gasteiger partial charge is 0.326 e. The van der Waals surface area contributed by atoms with Gasteiger partial charge in [-0.2, -0.15) is 0 Å². The van der Waals surface area contributed by atoms with E-state index in [9.17, 15) is 9.59 Å². The van der Waals surface area contributed by atoms with E-state index in [-0.39, 0.29) is 12.3 Å². The first-order chi connectivity index (χ1) is 8.30. The van der Waals surface area contributed by atoms with Gasteiger partial charge in [-0.1, -0.05) is 51.1 Å². The highest BCUT2D eigenvalue weighted by Gasteiger charge is 2.32. The van der Waals surface area contributed by atoms with Crippen LogP contribution in [0.2, 0.25) is 0 Å². The van der Waals surface area contributed by atoms with E-state index in [0.717, 1.165) is 5.56 Å². The Morgan fingerprint density at radius 3 is 2.22 bits per heavy atom. The van der Waals surface area contributed by atoms with Crippen LogP contribution in [0, 0.1) is 5.41 Å². The topological polar surface area (TPSA) is 66.4 Å². The van der Waals surface area contributed by atoms with Crippen molar-refractivity contribution >= 4 is 11.9 Å². The second-order valence-electron chi connectivity index (χ2n) is 5.37. The zero-order valence-corrected chi connectivity index (χ0v) is 10.9. The van der Waals surface area contributed by atoms with E-state index in [2.05, 4.69) is 5.32 Å². The minimum Gasteiger partial charge on any atom is -0.480 e. The van der Waals surface area contributed by atoms with Crippen molar-refractivity contribution in [3.63, 3.8) is 0 Å². The molecule has 0 spiro atoms. The molecule has 0 radical (unpaired) electrons. The van der Waals surface area contributed by atoms with Crippen molar-refractivity contribution in [2.24, 2.45) is 5.41 Å². The zero-order chi connectivity index (χ0) is 13.8. The monoisotopic (exact) mass is 249 g/mol. The predicted molar refractivity (Wildman–Crippen MR) is 69.2 cm³/mol. The lowest BCUT2D eigenvalue weighted by atomic mass is 9.86. The van der Waals surface area contributed by atoms with Crippen LogP contribution in [0.1, 0.15) is 26.3 Å². The number of benzene rings is 1. The number of aliphatic carboxylic acids is 1. The summed E-state index contributed by atoms with van der Waals surface area (Å²) in [6.07, 6.45) is 0.195. The van der Waals surface area contributed by atoms with Crippen LogP contribution in [0.5, 0.6) is 0 Å². The van der Waals surface area contributed by atoms with Gasteiger partial charge in [-0.05, 0) is 11.0 Å². The van der Waals surface area contributed by atoms with Gasteiger partial charge in [0.05, 0.1) is 6.42 Å². The van der Waals surface area contributed by atoms with Gasteiger partial charge in [-0.15, -0.1) is 0 Å². The number of rotatable bonds is 4. The molecule has 4 nitrogen and oxygen atoms in total. The van der Waals surface area contributed by atoms with E-state index >= 15 is 0 Å². The Morgan fingerprint density at radius 1 is 1.22 bits per heavy atom. The maximum Gasteiger partial charge on any atom is 0.326 e. The van der Waals surface area contributed by atoms with E-state index in [0.29, 0.717) is 0 Å². The molecule has 1 rings (SSSR count). The normalized spacial score (nSPS) is 12.8. The summed E-state index contributed by atoms with van der Waals surface area (Å²) in [4.78, 5) is 22.9.